The van der Waals surface area contributed by atoms with Gasteiger partial charge in [-0.25, -0.2) is 5.84 Å². The number of hydrogen-bond donors (Lipinski definition) is 2. The minimum atomic E-state index is -0.450. The molecule has 1 aromatic carbocycles. The summed E-state index contributed by atoms with van der Waals surface area (Å²) in [5.74, 6) is 5.12. The Kier molecular flexibility index (Phi) is 5.31. The average Bonchev–Trinajstić information content (AvgIpc) is 2.30. The molecule has 0 saturated carbocycles. The first kappa shape index (κ1) is 12.5. The normalized spacial score (nSPS) is 9.88. The second-order valence-corrected chi connectivity index (χ2v) is 3.19. The predicted molar refractivity (Wildman–Crippen MR) is 59.3 cm³/mol. The lowest BCUT2D eigenvalue weighted by molar-refractivity contribution is -0.151. The summed E-state index contributed by atoms with van der Waals surface area (Å²) in [5, 5.41) is 0. The van der Waals surface area contributed by atoms with Crippen LogP contribution < -0.4 is 16.2 Å². The molecular formula is C11H16N2O3. The van der Waals surface area contributed by atoms with Gasteiger partial charge in [-0.1, -0.05) is 24.6 Å². The fourth-order valence-corrected chi connectivity index (χ4v) is 1.22. The predicted octanol–water partition coefficient (Wildman–Crippen LogP) is 0.939. The van der Waals surface area contributed by atoms with Gasteiger partial charge in [0.2, 0.25) is 0 Å². The molecule has 0 unspecified atom stereocenters. The molecule has 0 fully saturated rings. The van der Waals surface area contributed by atoms with Crippen LogP contribution in [0.15, 0.2) is 24.3 Å². The third-order valence-electron chi connectivity index (χ3n) is 2.05. The van der Waals surface area contributed by atoms with E-state index < -0.39 is 5.97 Å². The molecular weight excluding hydrogens is 208 g/mol. The summed E-state index contributed by atoms with van der Waals surface area (Å²) in [6, 6.07) is 7.76. The van der Waals surface area contributed by atoms with Gasteiger partial charge in [-0.2, -0.15) is 0 Å². The molecule has 0 aromatic heterocycles. The van der Waals surface area contributed by atoms with Crippen molar-refractivity contribution < 1.29 is 14.4 Å². The molecule has 0 bridgehead atoms. The second kappa shape index (κ2) is 6.81. The maximum atomic E-state index is 10.9. The summed E-state index contributed by atoms with van der Waals surface area (Å²) in [4.78, 5) is 15.2. The molecule has 5 nitrogen and oxygen atoms in total. The van der Waals surface area contributed by atoms with E-state index in [-0.39, 0.29) is 13.0 Å². The van der Waals surface area contributed by atoms with Crippen molar-refractivity contribution >= 4 is 5.97 Å². The lowest BCUT2D eigenvalue weighted by atomic mass is 10.2. The fourth-order valence-electron chi connectivity index (χ4n) is 1.22. The number of aryl methyl sites for hydroxylation is 1. The number of carbonyl (C=O) groups excluding carboxylic acids is 1. The van der Waals surface area contributed by atoms with Gasteiger partial charge >= 0.3 is 5.97 Å². The minimum absolute atomic E-state index is 0.153. The molecule has 0 heterocycles. The first-order valence-corrected chi connectivity index (χ1v) is 5.13. The van der Waals surface area contributed by atoms with Crippen molar-refractivity contribution in [2.45, 2.75) is 19.8 Å². The van der Waals surface area contributed by atoms with Crippen LogP contribution in [-0.2, 0) is 16.1 Å². The summed E-state index contributed by atoms with van der Waals surface area (Å²) in [6.07, 6.45) is 1.11. The Morgan fingerprint density at radius 3 is 3.00 bits per heavy atom. The first-order valence-electron chi connectivity index (χ1n) is 5.13. The monoisotopic (exact) mass is 224 g/mol. The SMILES string of the molecule is CCc1cccc(OCCC(=O)ONN)c1. The molecule has 1 aromatic rings. The van der Waals surface area contributed by atoms with Crippen LogP contribution in [0.25, 0.3) is 0 Å². The topological polar surface area (TPSA) is 73.6 Å². The van der Waals surface area contributed by atoms with E-state index in [9.17, 15) is 4.79 Å². The van der Waals surface area contributed by atoms with Crippen LogP contribution in [0.4, 0.5) is 0 Å². The Balaban J connectivity index is 2.34. The van der Waals surface area contributed by atoms with Gasteiger partial charge < -0.3 is 9.57 Å². The Morgan fingerprint density at radius 2 is 2.31 bits per heavy atom. The summed E-state index contributed by atoms with van der Waals surface area (Å²) < 4.78 is 5.40. The van der Waals surface area contributed by atoms with E-state index in [1.165, 1.54) is 5.56 Å². The van der Waals surface area contributed by atoms with Crippen LogP contribution in [0, 0.1) is 0 Å². The quantitative estimate of drug-likeness (QED) is 0.555. The third kappa shape index (κ3) is 4.29. The van der Waals surface area contributed by atoms with Crippen molar-refractivity contribution in [3.8, 4) is 5.75 Å². The van der Waals surface area contributed by atoms with E-state index >= 15 is 0 Å². The average molecular weight is 224 g/mol. The number of hydrazine groups is 1. The van der Waals surface area contributed by atoms with Crippen molar-refractivity contribution in [1.82, 2.24) is 5.59 Å². The molecule has 0 radical (unpaired) electrons. The zero-order valence-corrected chi connectivity index (χ0v) is 9.23. The first-order chi connectivity index (χ1) is 7.76. The number of nitrogens with two attached hydrogens (primary N) is 1. The lowest BCUT2D eigenvalue weighted by Crippen LogP contribution is -2.26. The van der Waals surface area contributed by atoms with Gasteiger partial charge in [0.25, 0.3) is 0 Å². The Bertz CT molecular complexity index is 342. The summed E-state index contributed by atoms with van der Waals surface area (Å²) >= 11 is 0. The van der Waals surface area contributed by atoms with E-state index in [0.29, 0.717) is 0 Å². The number of hydrogen-bond acceptors (Lipinski definition) is 5. The molecule has 0 aliphatic heterocycles. The second-order valence-electron chi connectivity index (χ2n) is 3.19. The van der Waals surface area contributed by atoms with Crippen LogP contribution in [0.5, 0.6) is 5.75 Å². The van der Waals surface area contributed by atoms with Crippen LogP contribution in [-0.4, -0.2) is 12.6 Å². The molecule has 0 atom stereocenters. The Hall–Kier alpha value is -1.59. The molecule has 0 amide bonds. The zero-order valence-electron chi connectivity index (χ0n) is 9.23. The van der Waals surface area contributed by atoms with Crippen molar-refractivity contribution in [3.05, 3.63) is 29.8 Å². The fraction of sp³-hybridized carbons (Fsp3) is 0.364. The number of carbonyl (C=O) groups is 1. The highest BCUT2D eigenvalue weighted by Gasteiger charge is 2.02. The van der Waals surface area contributed by atoms with Gasteiger partial charge in [-0.15, -0.1) is 0 Å². The number of nitrogens with one attached hydrogen (secondary N) is 1. The van der Waals surface area contributed by atoms with Gasteiger partial charge in [-0.3, -0.25) is 4.79 Å². The maximum Gasteiger partial charge on any atom is 0.329 e. The molecule has 1 rings (SSSR count). The van der Waals surface area contributed by atoms with Gasteiger partial charge in [0.05, 0.1) is 13.0 Å². The highest BCUT2D eigenvalue weighted by molar-refractivity contribution is 5.69. The molecule has 5 heteroatoms. The Morgan fingerprint density at radius 1 is 1.50 bits per heavy atom. The molecule has 0 saturated heterocycles. The van der Waals surface area contributed by atoms with E-state index in [1.54, 1.807) is 0 Å². The largest absolute Gasteiger partial charge is 0.493 e. The van der Waals surface area contributed by atoms with Crippen LogP contribution >= 0.6 is 0 Å². The molecule has 16 heavy (non-hydrogen) atoms. The highest BCUT2D eigenvalue weighted by Crippen LogP contribution is 2.13. The standard InChI is InChI=1S/C11H16N2O3/c1-2-9-4-3-5-10(8-9)15-7-6-11(14)16-13-12/h3-5,8,13H,2,6-7,12H2,1H3. The number of ether oxygens (including phenoxy) is 1. The van der Waals surface area contributed by atoms with E-state index in [1.807, 2.05) is 29.9 Å². The smallest absolute Gasteiger partial charge is 0.329 e. The van der Waals surface area contributed by atoms with Crippen molar-refractivity contribution in [1.29, 1.82) is 0 Å². The zero-order chi connectivity index (χ0) is 11.8. The molecule has 88 valence electrons. The molecule has 0 aliphatic rings. The highest BCUT2D eigenvalue weighted by atomic mass is 16.7. The van der Waals surface area contributed by atoms with Crippen LogP contribution in [0.1, 0.15) is 18.9 Å². The maximum absolute atomic E-state index is 10.9. The van der Waals surface area contributed by atoms with Gasteiger partial charge in [0, 0.05) is 0 Å². The Labute approximate surface area is 94.5 Å². The summed E-state index contributed by atoms with van der Waals surface area (Å²) in [6.45, 7) is 2.34. The van der Waals surface area contributed by atoms with Gasteiger partial charge in [-0.05, 0) is 24.1 Å². The number of benzene rings is 1. The van der Waals surface area contributed by atoms with Crippen molar-refractivity contribution in [3.63, 3.8) is 0 Å². The van der Waals surface area contributed by atoms with E-state index in [2.05, 4.69) is 11.8 Å². The molecule has 0 aliphatic carbocycles. The van der Waals surface area contributed by atoms with E-state index in [4.69, 9.17) is 10.6 Å². The molecule has 3 N–H and O–H groups in total. The van der Waals surface area contributed by atoms with Gasteiger partial charge in [0.1, 0.15) is 5.75 Å². The van der Waals surface area contributed by atoms with Crippen LogP contribution in [0.2, 0.25) is 0 Å². The van der Waals surface area contributed by atoms with Crippen LogP contribution in [0.3, 0.4) is 0 Å². The number of rotatable bonds is 6. The van der Waals surface area contributed by atoms with Crippen molar-refractivity contribution in [2.24, 2.45) is 5.84 Å². The minimum Gasteiger partial charge on any atom is -0.493 e. The van der Waals surface area contributed by atoms with Crippen molar-refractivity contribution in [2.75, 3.05) is 6.61 Å². The molecule has 0 spiro atoms. The lowest BCUT2D eigenvalue weighted by Gasteiger charge is -2.06. The van der Waals surface area contributed by atoms with Gasteiger partial charge in [0.15, 0.2) is 0 Å². The summed E-state index contributed by atoms with van der Waals surface area (Å²) in [5.41, 5.74) is 3.03. The third-order valence-corrected chi connectivity index (χ3v) is 2.05. The van der Waals surface area contributed by atoms with E-state index in [0.717, 1.165) is 12.2 Å². The summed E-state index contributed by atoms with van der Waals surface area (Å²) in [7, 11) is 0.